The molecule has 0 bridgehead atoms. The lowest BCUT2D eigenvalue weighted by molar-refractivity contribution is 0.0167. The zero-order valence-corrected chi connectivity index (χ0v) is 12.6. The van der Waals surface area contributed by atoms with Gasteiger partial charge in [0.2, 0.25) is 0 Å². The molecule has 1 aromatic rings. The normalized spacial score (nSPS) is 9.56. The molecule has 0 aliphatic rings. The van der Waals surface area contributed by atoms with E-state index in [0.29, 0.717) is 9.50 Å². The number of alkyl halides is 2. The molecule has 0 nitrogen and oxygen atoms in total. The Hall–Kier alpha value is -0.150. The Morgan fingerprint density at radius 2 is 1.56 bits per heavy atom. The molecule has 0 aromatic heterocycles. The predicted molar refractivity (Wildman–Crippen MR) is 71.4 cm³/mol. The lowest BCUT2D eigenvalue weighted by atomic mass is 10.1. The van der Waals surface area contributed by atoms with Crippen LogP contribution in [0.4, 0.5) is 8.78 Å². The van der Waals surface area contributed by atoms with E-state index in [2.05, 4.69) is 15.9 Å². The average Bonchev–Trinajstić information content (AvgIpc) is 2.21. The topological polar surface area (TPSA) is 0 Å². The van der Waals surface area contributed by atoms with Crippen molar-refractivity contribution in [2.24, 2.45) is 0 Å². The molecule has 16 heavy (non-hydrogen) atoms. The molecule has 4 heteroatoms. The molecule has 94 valence electrons. The Kier molecular flexibility index (Phi) is 10.2. The van der Waals surface area contributed by atoms with Crippen molar-refractivity contribution in [3.8, 4) is 0 Å². The second kappa shape index (κ2) is 8.94. The van der Waals surface area contributed by atoms with Crippen LogP contribution in [0.3, 0.4) is 0 Å². The summed E-state index contributed by atoms with van der Waals surface area (Å²) >= 11 is 8.61. The molecule has 1 aromatic carbocycles. The fourth-order valence-electron chi connectivity index (χ4n) is 0.845. The SMILES string of the molecule is CC.CC.CC(F)(F)c1ccc(Cl)cc1Br. The zero-order chi connectivity index (χ0) is 13.4. The van der Waals surface area contributed by atoms with Gasteiger partial charge in [-0.15, -0.1) is 0 Å². The summed E-state index contributed by atoms with van der Waals surface area (Å²) < 4.78 is 25.9. The summed E-state index contributed by atoms with van der Waals surface area (Å²) in [6.07, 6.45) is 0. The van der Waals surface area contributed by atoms with Gasteiger partial charge in [-0.2, -0.15) is 0 Å². The zero-order valence-electron chi connectivity index (χ0n) is 10.2. The Morgan fingerprint density at radius 3 is 1.88 bits per heavy atom. The minimum absolute atomic E-state index is 0.0492. The second-order valence-corrected chi connectivity index (χ2v) is 3.80. The molecule has 0 heterocycles. The van der Waals surface area contributed by atoms with Crippen molar-refractivity contribution in [3.63, 3.8) is 0 Å². The maximum absolute atomic E-state index is 12.8. The Bertz CT molecular complexity index is 296. The number of halogens is 4. The highest BCUT2D eigenvalue weighted by Gasteiger charge is 2.26. The van der Waals surface area contributed by atoms with Gasteiger partial charge in [0.25, 0.3) is 5.92 Å². The predicted octanol–water partition coefficient (Wildman–Crippen LogP) is 6.27. The van der Waals surface area contributed by atoms with Crippen LogP contribution in [-0.4, -0.2) is 0 Å². The van der Waals surface area contributed by atoms with Gasteiger partial charge in [0, 0.05) is 22.0 Å². The van der Waals surface area contributed by atoms with Crippen molar-refractivity contribution in [2.45, 2.75) is 40.5 Å². The first-order valence-electron chi connectivity index (χ1n) is 5.24. The van der Waals surface area contributed by atoms with Crippen molar-refractivity contribution in [2.75, 3.05) is 0 Å². The summed E-state index contributed by atoms with van der Waals surface area (Å²) in [4.78, 5) is 0. The van der Waals surface area contributed by atoms with E-state index in [1.165, 1.54) is 18.2 Å². The van der Waals surface area contributed by atoms with Crippen molar-refractivity contribution >= 4 is 27.5 Å². The van der Waals surface area contributed by atoms with Crippen LogP contribution in [-0.2, 0) is 5.92 Å². The van der Waals surface area contributed by atoms with Crippen molar-refractivity contribution < 1.29 is 8.78 Å². The summed E-state index contributed by atoms with van der Waals surface area (Å²) in [6.45, 7) is 8.85. The largest absolute Gasteiger partial charge is 0.271 e. The smallest absolute Gasteiger partial charge is 0.202 e. The van der Waals surface area contributed by atoms with Crippen LogP contribution in [0.1, 0.15) is 40.2 Å². The monoisotopic (exact) mass is 314 g/mol. The maximum atomic E-state index is 12.8. The lowest BCUT2D eigenvalue weighted by Gasteiger charge is -2.12. The molecule has 0 unspecified atom stereocenters. The molecule has 0 aliphatic heterocycles. The first kappa shape index (κ1) is 18.2. The first-order chi connectivity index (χ1) is 7.41. The van der Waals surface area contributed by atoms with Gasteiger partial charge in [0.1, 0.15) is 0 Å². The van der Waals surface area contributed by atoms with Gasteiger partial charge in [-0.3, -0.25) is 0 Å². The van der Waals surface area contributed by atoms with Crippen LogP contribution in [0, 0.1) is 0 Å². The average molecular weight is 316 g/mol. The number of benzene rings is 1. The summed E-state index contributed by atoms with van der Waals surface area (Å²) in [5, 5.41) is 0.440. The Balaban J connectivity index is 0. The summed E-state index contributed by atoms with van der Waals surface area (Å²) in [6, 6.07) is 4.21. The standard InChI is InChI=1S/C8H6BrClF2.2C2H6/c1-8(11,12)6-3-2-5(10)4-7(6)9;2*1-2/h2-4H,1H3;2*1-2H3. The van der Waals surface area contributed by atoms with E-state index in [-0.39, 0.29) is 5.56 Å². The lowest BCUT2D eigenvalue weighted by Crippen LogP contribution is -2.07. The van der Waals surface area contributed by atoms with Gasteiger partial charge in [0.15, 0.2) is 0 Å². The molecule has 0 N–H and O–H groups in total. The third kappa shape index (κ3) is 6.44. The molecule has 0 saturated carbocycles. The van der Waals surface area contributed by atoms with Crippen molar-refractivity contribution in [1.82, 2.24) is 0 Å². The van der Waals surface area contributed by atoms with Crippen LogP contribution in [0.5, 0.6) is 0 Å². The molecule has 1 rings (SSSR count). The van der Waals surface area contributed by atoms with Crippen LogP contribution in [0.2, 0.25) is 5.02 Å². The van der Waals surface area contributed by atoms with Gasteiger partial charge in [-0.1, -0.05) is 61.3 Å². The molecule has 0 amide bonds. The fraction of sp³-hybridized carbons (Fsp3) is 0.500. The molecular weight excluding hydrogens is 297 g/mol. The quantitative estimate of drug-likeness (QED) is 0.573. The van der Waals surface area contributed by atoms with Gasteiger partial charge in [0.05, 0.1) is 0 Å². The third-order valence-electron chi connectivity index (χ3n) is 1.40. The second-order valence-electron chi connectivity index (χ2n) is 2.51. The highest BCUT2D eigenvalue weighted by atomic mass is 79.9. The van der Waals surface area contributed by atoms with Crippen molar-refractivity contribution in [3.05, 3.63) is 33.3 Å². The summed E-state index contributed by atoms with van der Waals surface area (Å²) in [7, 11) is 0. The van der Waals surface area contributed by atoms with Gasteiger partial charge in [-0.05, 0) is 12.1 Å². The van der Waals surface area contributed by atoms with Gasteiger partial charge >= 0.3 is 0 Å². The third-order valence-corrected chi connectivity index (χ3v) is 2.30. The molecule has 0 atom stereocenters. The van der Waals surface area contributed by atoms with E-state index >= 15 is 0 Å². The van der Waals surface area contributed by atoms with Crippen molar-refractivity contribution in [1.29, 1.82) is 0 Å². The minimum Gasteiger partial charge on any atom is -0.202 e. The van der Waals surface area contributed by atoms with Gasteiger partial charge in [-0.25, -0.2) is 8.78 Å². The van der Waals surface area contributed by atoms with Crippen LogP contribution in [0.15, 0.2) is 22.7 Å². The highest BCUT2D eigenvalue weighted by molar-refractivity contribution is 9.10. The molecule has 0 radical (unpaired) electrons. The number of rotatable bonds is 1. The van der Waals surface area contributed by atoms with Crippen LogP contribution >= 0.6 is 27.5 Å². The first-order valence-corrected chi connectivity index (χ1v) is 6.41. The van der Waals surface area contributed by atoms with E-state index in [0.717, 1.165) is 6.92 Å². The molecular formula is C12H18BrClF2. The van der Waals surface area contributed by atoms with E-state index in [4.69, 9.17) is 11.6 Å². The highest BCUT2D eigenvalue weighted by Crippen LogP contribution is 2.34. The van der Waals surface area contributed by atoms with Gasteiger partial charge < -0.3 is 0 Å². The summed E-state index contributed by atoms with van der Waals surface area (Å²) in [5.74, 6) is -2.83. The van der Waals surface area contributed by atoms with Crippen LogP contribution < -0.4 is 0 Å². The fourth-order valence-corrected chi connectivity index (χ4v) is 1.88. The van der Waals surface area contributed by atoms with Crippen LogP contribution in [0.25, 0.3) is 0 Å². The Labute approximate surface area is 110 Å². The minimum atomic E-state index is -2.83. The molecule has 0 aliphatic carbocycles. The number of hydrogen-bond donors (Lipinski definition) is 0. The van der Waals surface area contributed by atoms with E-state index in [1.807, 2.05) is 27.7 Å². The maximum Gasteiger partial charge on any atom is 0.271 e. The van der Waals surface area contributed by atoms with E-state index in [9.17, 15) is 8.78 Å². The van der Waals surface area contributed by atoms with E-state index < -0.39 is 5.92 Å². The van der Waals surface area contributed by atoms with E-state index in [1.54, 1.807) is 0 Å². The number of hydrogen-bond acceptors (Lipinski definition) is 0. The molecule has 0 saturated heterocycles. The molecule has 0 fully saturated rings. The summed E-state index contributed by atoms with van der Waals surface area (Å²) in [5.41, 5.74) is -0.0492. The Morgan fingerprint density at radius 1 is 1.12 bits per heavy atom. The molecule has 0 spiro atoms.